The minimum Gasteiger partial charge on any atom is -0.443 e. The van der Waals surface area contributed by atoms with Crippen LogP contribution in [-0.4, -0.2) is 46.7 Å². The maximum Gasteiger partial charge on any atom is 0.429 e. The summed E-state index contributed by atoms with van der Waals surface area (Å²) in [5.74, 6) is 0. The van der Waals surface area contributed by atoms with Gasteiger partial charge in [-0.3, -0.25) is 5.01 Å². The number of hydrazine groups is 1. The summed E-state index contributed by atoms with van der Waals surface area (Å²) in [6.07, 6.45) is -1.41. The Balaban J connectivity index is 1.99. The largest absolute Gasteiger partial charge is 0.443 e. The first-order chi connectivity index (χ1) is 16.7. The standard InChI is InChI=1S/C28H38N4O4/c1-26(2,3)35-24(33)30-31(25(34)36-27(4,5)6)19-22-28(7,8)23(20-15-11-9-12-16-20)29-32(22)21-17-13-10-14-18-21/h9-18,22H,19H2,1-8H3,(H,30,33). The number of ether oxygens (including phenoxy) is 2. The topological polar surface area (TPSA) is 83.5 Å². The summed E-state index contributed by atoms with van der Waals surface area (Å²) in [5, 5.41) is 8.11. The summed E-state index contributed by atoms with van der Waals surface area (Å²) in [4.78, 5) is 25.9. The fourth-order valence-electron chi connectivity index (χ4n) is 3.99. The van der Waals surface area contributed by atoms with E-state index in [1.54, 1.807) is 41.5 Å². The molecule has 1 aliphatic rings. The number of hydrogen-bond acceptors (Lipinski definition) is 6. The van der Waals surface area contributed by atoms with Crippen molar-refractivity contribution < 1.29 is 19.1 Å². The van der Waals surface area contributed by atoms with Crippen LogP contribution < -0.4 is 10.4 Å². The van der Waals surface area contributed by atoms with Gasteiger partial charge in [-0.05, 0) is 59.2 Å². The predicted octanol–water partition coefficient (Wildman–Crippen LogP) is 5.98. The van der Waals surface area contributed by atoms with Gasteiger partial charge in [-0.15, -0.1) is 0 Å². The second kappa shape index (κ2) is 10.2. The fraction of sp³-hybridized carbons (Fsp3) is 0.464. The zero-order valence-electron chi connectivity index (χ0n) is 22.5. The highest BCUT2D eigenvalue weighted by atomic mass is 16.6. The Labute approximate surface area is 214 Å². The van der Waals surface area contributed by atoms with Crippen molar-refractivity contribution >= 4 is 23.6 Å². The summed E-state index contributed by atoms with van der Waals surface area (Å²) in [6.45, 7) is 14.9. The molecule has 2 amide bonds. The highest BCUT2D eigenvalue weighted by Crippen LogP contribution is 2.39. The molecule has 36 heavy (non-hydrogen) atoms. The van der Waals surface area contributed by atoms with Crippen molar-refractivity contribution in [2.24, 2.45) is 10.5 Å². The van der Waals surface area contributed by atoms with Crippen molar-refractivity contribution in [3.8, 4) is 0 Å². The van der Waals surface area contributed by atoms with Crippen LogP contribution in [0.25, 0.3) is 0 Å². The lowest BCUT2D eigenvalue weighted by Gasteiger charge is -2.37. The molecular weight excluding hydrogens is 456 g/mol. The van der Waals surface area contributed by atoms with Gasteiger partial charge in [0, 0.05) is 5.41 Å². The molecular formula is C28H38N4O4. The maximum absolute atomic E-state index is 13.2. The van der Waals surface area contributed by atoms with Gasteiger partial charge in [-0.25, -0.2) is 20.0 Å². The monoisotopic (exact) mass is 494 g/mol. The second-order valence-corrected chi connectivity index (χ2v) is 11.4. The number of anilines is 1. The number of hydrogen-bond donors (Lipinski definition) is 1. The minimum absolute atomic E-state index is 0.107. The highest BCUT2D eigenvalue weighted by Gasteiger charge is 2.47. The quantitative estimate of drug-likeness (QED) is 0.529. The molecule has 0 aliphatic carbocycles. The van der Waals surface area contributed by atoms with Crippen LogP contribution in [0.4, 0.5) is 15.3 Å². The molecule has 8 nitrogen and oxygen atoms in total. The van der Waals surface area contributed by atoms with E-state index in [2.05, 4.69) is 19.3 Å². The van der Waals surface area contributed by atoms with E-state index in [9.17, 15) is 9.59 Å². The SMILES string of the molecule is CC(C)(C)OC(=O)NN(CC1N(c2ccccc2)N=C(c2ccccc2)C1(C)C)C(=O)OC(C)(C)C. The Morgan fingerprint density at radius 1 is 0.917 bits per heavy atom. The van der Waals surface area contributed by atoms with Gasteiger partial charge in [0.05, 0.1) is 24.0 Å². The number of rotatable bonds is 4. The first-order valence-corrected chi connectivity index (χ1v) is 12.2. The molecule has 1 heterocycles. The van der Waals surface area contributed by atoms with Gasteiger partial charge in [0.25, 0.3) is 0 Å². The molecule has 3 rings (SSSR count). The van der Waals surface area contributed by atoms with Gasteiger partial charge in [-0.1, -0.05) is 62.4 Å². The van der Waals surface area contributed by atoms with Crippen LogP contribution in [0.2, 0.25) is 0 Å². The fourth-order valence-corrected chi connectivity index (χ4v) is 3.99. The van der Waals surface area contributed by atoms with Crippen LogP contribution in [0.1, 0.15) is 61.0 Å². The summed E-state index contributed by atoms with van der Waals surface area (Å²) in [7, 11) is 0. The van der Waals surface area contributed by atoms with E-state index in [4.69, 9.17) is 14.6 Å². The van der Waals surface area contributed by atoms with Crippen LogP contribution in [0.15, 0.2) is 65.8 Å². The molecule has 1 unspecified atom stereocenters. The number of amides is 2. The van der Waals surface area contributed by atoms with Crippen molar-refractivity contribution in [2.75, 3.05) is 11.6 Å². The number of benzene rings is 2. The van der Waals surface area contributed by atoms with Crippen LogP contribution in [-0.2, 0) is 9.47 Å². The second-order valence-electron chi connectivity index (χ2n) is 11.4. The maximum atomic E-state index is 13.2. The molecule has 194 valence electrons. The Hall–Kier alpha value is -3.55. The van der Waals surface area contributed by atoms with Gasteiger partial charge < -0.3 is 9.47 Å². The van der Waals surface area contributed by atoms with E-state index < -0.39 is 28.8 Å². The lowest BCUT2D eigenvalue weighted by molar-refractivity contribution is -0.00138. The van der Waals surface area contributed by atoms with Crippen LogP contribution in [0.3, 0.4) is 0 Å². The van der Waals surface area contributed by atoms with Gasteiger partial charge in [0.2, 0.25) is 0 Å². The average molecular weight is 495 g/mol. The Morgan fingerprint density at radius 2 is 1.44 bits per heavy atom. The molecule has 0 radical (unpaired) electrons. The summed E-state index contributed by atoms with van der Waals surface area (Å²) in [6, 6.07) is 19.4. The molecule has 8 heteroatoms. The first-order valence-electron chi connectivity index (χ1n) is 12.2. The molecule has 0 fully saturated rings. The summed E-state index contributed by atoms with van der Waals surface area (Å²) in [5.41, 5.74) is 3.40. The zero-order chi connectivity index (χ0) is 26.7. The van der Waals surface area contributed by atoms with Gasteiger partial charge >= 0.3 is 12.2 Å². The number of carbonyl (C=O) groups excluding carboxylic acids is 2. The smallest absolute Gasteiger partial charge is 0.429 e. The highest BCUT2D eigenvalue weighted by molar-refractivity contribution is 6.07. The molecule has 0 saturated heterocycles. The number of hydrazone groups is 1. The lowest BCUT2D eigenvalue weighted by atomic mass is 9.77. The number of nitrogens with zero attached hydrogens (tertiary/aromatic N) is 3. The van der Waals surface area contributed by atoms with Crippen molar-refractivity contribution in [1.29, 1.82) is 0 Å². The Kier molecular flexibility index (Phi) is 7.67. The zero-order valence-corrected chi connectivity index (χ0v) is 22.5. The third-order valence-corrected chi connectivity index (χ3v) is 5.61. The average Bonchev–Trinajstić information content (AvgIpc) is 3.02. The molecule has 0 saturated carbocycles. The third kappa shape index (κ3) is 6.77. The van der Waals surface area contributed by atoms with Gasteiger partial charge in [0.15, 0.2) is 0 Å². The molecule has 1 N–H and O–H groups in total. The van der Waals surface area contributed by atoms with Crippen molar-refractivity contribution in [1.82, 2.24) is 10.4 Å². The molecule has 1 atom stereocenters. The van der Waals surface area contributed by atoms with Crippen molar-refractivity contribution in [3.05, 3.63) is 66.2 Å². The number of carbonyl (C=O) groups is 2. The first kappa shape index (κ1) is 27.0. The van der Waals surface area contributed by atoms with Crippen molar-refractivity contribution in [2.45, 2.75) is 72.6 Å². The van der Waals surface area contributed by atoms with E-state index >= 15 is 0 Å². The van der Waals surface area contributed by atoms with E-state index in [1.165, 1.54) is 5.01 Å². The van der Waals surface area contributed by atoms with E-state index in [-0.39, 0.29) is 12.6 Å². The minimum atomic E-state index is -0.749. The van der Waals surface area contributed by atoms with E-state index in [0.29, 0.717) is 0 Å². The predicted molar refractivity (Wildman–Crippen MR) is 142 cm³/mol. The van der Waals surface area contributed by atoms with Crippen molar-refractivity contribution in [3.63, 3.8) is 0 Å². The van der Waals surface area contributed by atoms with E-state index in [0.717, 1.165) is 17.0 Å². The third-order valence-electron chi connectivity index (χ3n) is 5.61. The van der Waals surface area contributed by atoms with Gasteiger partial charge in [-0.2, -0.15) is 5.10 Å². The molecule has 0 bridgehead atoms. The lowest BCUT2D eigenvalue weighted by Crippen LogP contribution is -2.56. The molecule has 2 aromatic rings. The molecule has 1 aliphatic heterocycles. The van der Waals surface area contributed by atoms with Crippen LogP contribution in [0.5, 0.6) is 0 Å². The van der Waals surface area contributed by atoms with Crippen LogP contribution >= 0.6 is 0 Å². The van der Waals surface area contributed by atoms with E-state index in [1.807, 2.05) is 65.7 Å². The molecule has 0 aromatic heterocycles. The summed E-state index contributed by atoms with van der Waals surface area (Å²) >= 11 is 0. The number of para-hydroxylation sites is 1. The molecule has 0 spiro atoms. The summed E-state index contributed by atoms with van der Waals surface area (Å²) < 4.78 is 11.0. The number of nitrogens with one attached hydrogen (secondary N) is 1. The van der Waals surface area contributed by atoms with Gasteiger partial charge in [0.1, 0.15) is 11.2 Å². The normalized spacial score (nSPS) is 17.3. The van der Waals surface area contributed by atoms with Crippen LogP contribution in [0, 0.1) is 5.41 Å². The molecule has 2 aromatic carbocycles. The Bertz CT molecular complexity index is 1090. The Morgan fingerprint density at radius 3 is 1.97 bits per heavy atom.